The molecule has 0 saturated carbocycles. The number of methoxy groups -OCH3 is 1. The van der Waals surface area contributed by atoms with Gasteiger partial charge in [0, 0.05) is 10.9 Å². The Morgan fingerprint density at radius 1 is 1.00 bits per heavy atom. The first kappa shape index (κ1) is 16.5. The van der Waals surface area contributed by atoms with Gasteiger partial charge < -0.3 is 9.72 Å². The summed E-state index contributed by atoms with van der Waals surface area (Å²) >= 11 is 0. The van der Waals surface area contributed by atoms with Crippen LogP contribution in [0.3, 0.4) is 0 Å². The Labute approximate surface area is 139 Å². The molecule has 1 aromatic heterocycles. The van der Waals surface area contributed by atoms with Crippen LogP contribution in [0.2, 0.25) is 0 Å². The van der Waals surface area contributed by atoms with Crippen molar-refractivity contribution >= 4 is 30.8 Å². The lowest BCUT2D eigenvalue weighted by Gasteiger charge is -2.06. The summed E-state index contributed by atoms with van der Waals surface area (Å²) in [7, 11) is -6.96. The van der Waals surface area contributed by atoms with E-state index in [0.29, 0.717) is 11.3 Å². The predicted molar refractivity (Wildman–Crippen MR) is 88.1 cm³/mol. The number of rotatable bonds is 4. The van der Waals surface area contributed by atoms with Gasteiger partial charge in [-0.2, -0.15) is 0 Å². The van der Waals surface area contributed by atoms with Crippen LogP contribution >= 0.6 is 0 Å². The summed E-state index contributed by atoms with van der Waals surface area (Å²) in [6.45, 7) is 0. The average Bonchev–Trinajstić information content (AvgIpc) is 2.95. The molecule has 7 nitrogen and oxygen atoms in total. The van der Waals surface area contributed by atoms with E-state index in [9.17, 15) is 16.8 Å². The number of hydrogen-bond donors (Lipinski definition) is 2. The lowest BCUT2D eigenvalue weighted by atomic mass is 10.2. The maximum absolute atomic E-state index is 13.0. The molecule has 0 spiro atoms. The van der Waals surface area contributed by atoms with Gasteiger partial charge in [-0.05, 0) is 30.3 Å². The molecule has 0 amide bonds. The number of ether oxygens (including phenoxy) is 1. The Hall–Kier alpha value is -2.36. The van der Waals surface area contributed by atoms with Crippen molar-refractivity contribution in [2.75, 3.05) is 7.11 Å². The number of hydrogen-bond acceptors (Lipinski definition) is 5. The van der Waals surface area contributed by atoms with E-state index in [0.717, 1.165) is 0 Å². The lowest BCUT2D eigenvalue weighted by Crippen LogP contribution is -2.16. The number of aromatic amines is 1. The number of primary sulfonamides is 1. The standard InChI is InChI=1S/C15H14N2O5S2/c1-22-10-7-8-13-12(9-10)14(15(17-13)24(16,20)21)23(18,19)11-5-3-2-4-6-11/h2-9,17H,1H3,(H2,16,20,21). The first-order valence-corrected chi connectivity index (χ1v) is 9.81. The fourth-order valence-electron chi connectivity index (χ4n) is 2.43. The van der Waals surface area contributed by atoms with Crippen LogP contribution in [-0.2, 0) is 19.9 Å². The zero-order valence-corrected chi connectivity index (χ0v) is 14.2. The van der Waals surface area contributed by atoms with E-state index in [2.05, 4.69) is 4.98 Å². The van der Waals surface area contributed by atoms with Crippen LogP contribution in [0.5, 0.6) is 5.75 Å². The van der Waals surface area contributed by atoms with Gasteiger partial charge in [0.1, 0.15) is 10.6 Å². The highest BCUT2D eigenvalue weighted by atomic mass is 32.2. The Kier molecular flexibility index (Phi) is 3.86. The number of sulfone groups is 1. The molecule has 2 aromatic carbocycles. The van der Waals surface area contributed by atoms with Crippen molar-refractivity contribution in [2.24, 2.45) is 5.14 Å². The van der Waals surface area contributed by atoms with Crippen LogP contribution in [0.1, 0.15) is 0 Å². The molecule has 0 radical (unpaired) electrons. The van der Waals surface area contributed by atoms with Gasteiger partial charge in [-0.3, -0.25) is 0 Å². The minimum absolute atomic E-state index is 0.0291. The summed E-state index contributed by atoms with van der Waals surface area (Å²) in [4.78, 5) is 2.17. The van der Waals surface area contributed by atoms with Crippen molar-refractivity contribution in [3.8, 4) is 5.75 Å². The largest absolute Gasteiger partial charge is 0.497 e. The molecule has 0 saturated heterocycles. The highest BCUT2D eigenvalue weighted by molar-refractivity contribution is 7.93. The number of aromatic nitrogens is 1. The van der Waals surface area contributed by atoms with E-state index in [-0.39, 0.29) is 15.2 Å². The van der Waals surface area contributed by atoms with Gasteiger partial charge >= 0.3 is 0 Å². The summed E-state index contributed by atoms with van der Waals surface area (Å²) < 4.78 is 54.9. The van der Waals surface area contributed by atoms with E-state index in [1.807, 2.05) is 0 Å². The lowest BCUT2D eigenvalue weighted by molar-refractivity contribution is 0.415. The molecular weight excluding hydrogens is 352 g/mol. The molecule has 3 rings (SSSR count). The monoisotopic (exact) mass is 366 g/mol. The van der Waals surface area contributed by atoms with Gasteiger partial charge in [-0.25, -0.2) is 22.0 Å². The molecule has 3 N–H and O–H groups in total. The Morgan fingerprint density at radius 3 is 2.25 bits per heavy atom. The maximum Gasteiger partial charge on any atom is 0.254 e. The molecule has 0 bridgehead atoms. The molecule has 24 heavy (non-hydrogen) atoms. The van der Waals surface area contributed by atoms with E-state index < -0.39 is 24.9 Å². The summed E-state index contributed by atoms with van der Waals surface area (Å²) in [6, 6.07) is 12.1. The number of nitrogens with two attached hydrogens (primary N) is 1. The fourth-order valence-corrected chi connectivity index (χ4v) is 5.24. The summed E-state index contributed by atoms with van der Waals surface area (Å²) in [5.41, 5.74) is 0.328. The van der Waals surface area contributed by atoms with E-state index in [4.69, 9.17) is 9.88 Å². The second-order valence-corrected chi connectivity index (χ2v) is 8.44. The quantitative estimate of drug-likeness (QED) is 0.728. The van der Waals surface area contributed by atoms with Crippen molar-refractivity contribution in [3.05, 3.63) is 48.5 Å². The predicted octanol–water partition coefficient (Wildman–Crippen LogP) is 1.66. The van der Waals surface area contributed by atoms with Crippen LogP contribution in [0.25, 0.3) is 10.9 Å². The summed E-state index contributed by atoms with van der Waals surface area (Å²) in [6.07, 6.45) is 0. The number of nitrogens with one attached hydrogen (secondary N) is 1. The minimum atomic E-state index is -4.28. The van der Waals surface area contributed by atoms with Crippen LogP contribution in [0.15, 0.2) is 63.3 Å². The van der Waals surface area contributed by atoms with Crippen molar-refractivity contribution in [3.63, 3.8) is 0 Å². The first-order chi connectivity index (χ1) is 11.2. The molecule has 0 aliphatic heterocycles. The average molecular weight is 366 g/mol. The van der Waals surface area contributed by atoms with Gasteiger partial charge in [0.2, 0.25) is 9.84 Å². The Bertz CT molecular complexity index is 1120. The maximum atomic E-state index is 13.0. The third-order valence-electron chi connectivity index (χ3n) is 3.53. The molecule has 1 heterocycles. The highest BCUT2D eigenvalue weighted by Gasteiger charge is 2.31. The second-order valence-electron chi connectivity index (χ2n) is 5.06. The SMILES string of the molecule is COc1ccc2[nH]c(S(N)(=O)=O)c(S(=O)(=O)c3ccccc3)c2c1. The van der Waals surface area contributed by atoms with Crippen molar-refractivity contribution in [2.45, 2.75) is 14.8 Å². The van der Waals surface area contributed by atoms with Gasteiger partial charge in [0.05, 0.1) is 12.0 Å². The number of benzene rings is 2. The first-order valence-electron chi connectivity index (χ1n) is 6.78. The molecule has 0 atom stereocenters. The molecular formula is C15H14N2O5S2. The minimum Gasteiger partial charge on any atom is -0.497 e. The van der Waals surface area contributed by atoms with Gasteiger partial charge in [-0.1, -0.05) is 18.2 Å². The molecule has 0 unspecified atom stereocenters. The molecule has 0 aliphatic carbocycles. The van der Waals surface area contributed by atoms with Gasteiger partial charge in [0.15, 0.2) is 5.03 Å². The molecule has 126 valence electrons. The van der Waals surface area contributed by atoms with Crippen LogP contribution in [0.4, 0.5) is 0 Å². The van der Waals surface area contributed by atoms with E-state index >= 15 is 0 Å². The Balaban J connectivity index is 2.45. The molecule has 3 aromatic rings. The summed E-state index contributed by atoms with van der Waals surface area (Å²) in [5.74, 6) is 0.395. The third-order valence-corrected chi connectivity index (χ3v) is 6.39. The third kappa shape index (κ3) is 2.66. The fraction of sp³-hybridized carbons (Fsp3) is 0.0667. The second kappa shape index (κ2) is 5.62. The van der Waals surface area contributed by atoms with Gasteiger partial charge in [0.25, 0.3) is 10.0 Å². The highest BCUT2D eigenvalue weighted by Crippen LogP contribution is 2.35. The van der Waals surface area contributed by atoms with Crippen LogP contribution in [-0.4, -0.2) is 28.9 Å². The van der Waals surface area contributed by atoms with E-state index in [1.165, 1.54) is 31.4 Å². The van der Waals surface area contributed by atoms with Crippen molar-refractivity contribution in [1.29, 1.82) is 0 Å². The topological polar surface area (TPSA) is 119 Å². The van der Waals surface area contributed by atoms with Gasteiger partial charge in [-0.15, -0.1) is 0 Å². The number of H-pyrrole nitrogens is 1. The molecule has 0 aliphatic rings. The molecule has 9 heteroatoms. The van der Waals surface area contributed by atoms with Crippen LogP contribution in [0, 0.1) is 0 Å². The normalized spacial score (nSPS) is 12.4. The zero-order valence-electron chi connectivity index (χ0n) is 12.6. The van der Waals surface area contributed by atoms with E-state index in [1.54, 1.807) is 24.3 Å². The van der Waals surface area contributed by atoms with Crippen LogP contribution < -0.4 is 9.88 Å². The van der Waals surface area contributed by atoms with Crippen molar-refractivity contribution < 1.29 is 21.6 Å². The number of sulfonamides is 1. The molecule has 0 fully saturated rings. The number of fused-ring (bicyclic) bond motifs is 1. The smallest absolute Gasteiger partial charge is 0.254 e. The Morgan fingerprint density at radius 2 is 1.67 bits per heavy atom. The van der Waals surface area contributed by atoms with Crippen molar-refractivity contribution in [1.82, 2.24) is 4.98 Å². The zero-order chi connectivity index (χ0) is 17.5. The summed E-state index contributed by atoms with van der Waals surface area (Å²) in [5, 5.41) is 4.86.